The zero-order valence-corrected chi connectivity index (χ0v) is 10.5. The average molecular weight is 260 g/mol. The first-order chi connectivity index (χ1) is 9.15. The number of hydrogen-bond donors (Lipinski definition) is 3. The van der Waals surface area contributed by atoms with Crippen LogP contribution in [0.5, 0.6) is 0 Å². The maximum Gasteiger partial charge on any atom is 0.314 e. The number of hydrogen-bond acceptors (Lipinski definition) is 3. The van der Waals surface area contributed by atoms with E-state index in [-0.39, 0.29) is 0 Å². The quantitative estimate of drug-likeness (QED) is 0.714. The van der Waals surface area contributed by atoms with Gasteiger partial charge in [-0.2, -0.15) is 0 Å². The number of H-pyrrole nitrogens is 2. The van der Waals surface area contributed by atoms with Gasteiger partial charge in [0, 0.05) is 0 Å². The summed E-state index contributed by atoms with van der Waals surface area (Å²) in [6.07, 6.45) is 3.92. The summed E-state index contributed by atoms with van der Waals surface area (Å²) in [7, 11) is 0. The molecule has 0 spiro atoms. The van der Waals surface area contributed by atoms with Crippen LogP contribution in [-0.2, 0) is 0 Å². The topological polar surface area (TPSA) is 85.9 Å². The van der Waals surface area contributed by atoms with Crippen molar-refractivity contribution in [2.45, 2.75) is 31.8 Å². The number of fused-ring (bicyclic) bond motifs is 1. The van der Waals surface area contributed by atoms with Gasteiger partial charge in [-0.3, -0.25) is 9.59 Å². The van der Waals surface area contributed by atoms with Gasteiger partial charge in [0.2, 0.25) is 0 Å². The summed E-state index contributed by atoms with van der Waals surface area (Å²) in [4.78, 5) is 27.6. The van der Waals surface area contributed by atoms with Crippen LogP contribution in [0.15, 0.2) is 27.8 Å². The van der Waals surface area contributed by atoms with Crippen molar-refractivity contribution in [1.29, 1.82) is 0 Å². The van der Waals surface area contributed by atoms with Crippen LogP contribution in [0, 0.1) is 5.92 Å². The molecule has 1 aromatic carbocycles. The largest absolute Gasteiger partial charge is 0.388 e. The molecule has 1 aromatic heterocycles. The Hall–Kier alpha value is -1.88. The second kappa shape index (κ2) is 4.66. The average Bonchev–Trinajstić information content (AvgIpc) is 2.93. The van der Waals surface area contributed by atoms with Gasteiger partial charge in [0.1, 0.15) is 0 Å². The molecular weight excluding hydrogens is 244 g/mol. The zero-order chi connectivity index (χ0) is 13.4. The molecule has 1 heterocycles. The van der Waals surface area contributed by atoms with Gasteiger partial charge in [0.05, 0.1) is 17.1 Å². The van der Waals surface area contributed by atoms with Crippen LogP contribution in [0.4, 0.5) is 0 Å². The number of aromatic amines is 2. The Labute approximate surface area is 109 Å². The first-order valence-corrected chi connectivity index (χ1v) is 6.59. The van der Waals surface area contributed by atoms with E-state index in [2.05, 4.69) is 9.97 Å². The summed E-state index contributed by atoms with van der Waals surface area (Å²) in [6, 6.07) is 5.27. The molecule has 5 nitrogen and oxygen atoms in total. The number of aliphatic hydroxyl groups is 1. The Bertz CT molecular complexity index is 710. The number of nitrogens with one attached hydrogen (secondary N) is 2. The fourth-order valence-corrected chi connectivity index (χ4v) is 2.86. The van der Waals surface area contributed by atoms with Crippen LogP contribution < -0.4 is 11.1 Å². The van der Waals surface area contributed by atoms with Crippen molar-refractivity contribution < 1.29 is 5.11 Å². The Morgan fingerprint density at radius 2 is 1.68 bits per heavy atom. The molecule has 3 N–H and O–H groups in total. The molecule has 0 saturated heterocycles. The highest BCUT2D eigenvalue weighted by atomic mass is 16.3. The third kappa shape index (κ3) is 2.21. The van der Waals surface area contributed by atoms with Gasteiger partial charge < -0.3 is 15.1 Å². The summed E-state index contributed by atoms with van der Waals surface area (Å²) in [5, 5.41) is 10.3. The van der Waals surface area contributed by atoms with Crippen LogP contribution >= 0.6 is 0 Å². The molecule has 1 aliphatic carbocycles. The Morgan fingerprint density at radius 1 is 1.05 bits per heavy atom. The number of aromatic nitrogens is 2. The molecule has 3 rings (SSSR count). The van der Waals surface area contributed by atoms with Crippen molar-refractivity contribution in [3.63, 3.8) is 0 Å². The van der Waals surface area contributed by atoms with Gasteiger partial charge in [-0.25, -0.2) is 0 Å². The molecule has 0 amide bonds. The molecule has 19 heavy (non-hydrogen) atoms. The normalized spacial score (nSPS) is 17.9. The van der Waals surface area contributed by atoms with Crippen LogP contribution in [0.25, 0.3) is 11.0 Å². The summed E-state index contributed by atoms with van der Waals surface area (Å²) < 4.78 is 0. The maximum absolute atomic E-state index is 11.3. The smallest absolute Gasteiger partial charge is 0.314 e. The summed E-state index contributed by atoms with van der Waals surface area (Å²) in [5.41, 5.74) is 0.602. The summed E-state index contributed by atoms with van der Waals surface area (Å²) in [5.74, 6) is 0.298. The van der Waals surface area contributed by atoms with E-state index >= 15 is 0 Å². The lowest BCUT2D eigenvalue weighted by molar-refractivity contribution is 0.112. The van der Waals surface area contributed by atoms with E-state index in [1.165, 1.54) is 12.8 Å². The van der Waals surface area contributed by atoms with E-state index in [0.717, 1.165) is 18.4 Å². The van der Waals surface area contributed by atoms with E-state index in [0.29, 0.717) is 17.0 Å². The molecule has 0 bridgehead atoms. The van der Waals surface area contributed by atoms with E-state index < -0.39 is 17.2 Å². The summed E-state index contributed by atoms with van der Waals surface area (Å²) in [6.45, 7) is 0. The predicted molar refractivity (Wildman–Crippen MR) is 72.1 cm³/mol. The number of aliphatic hydroxyl groups excluding tert-OH is 1. The lowest BCUT2D eigenvalue weighted by Crippen LogP contribution is -2.29. The van der Waals surface area contributed by atoms with Crippen molar-refractivity contribution in [3.05, 3.63) is 44.5 Å². The molecule has 1 fully saturated rings. The summed E-state index contributed by atoms with van der Waals surface area (Å²) >= 11 is 0. The Kier molecular flexibility index (Phi) is 2.98. The first kappa shape index (κ1) is 12.2. The van der Waals surface area contributed by atoms with Crippen LogP contribution in [0.2, 0.25) is 0 Å². The highest BCUT2D eigenvalue weighted by Crippen LogP contribution is 2.35. The minimum atomic E-state index is -0.667. The number of benzene rings is 1. The molecule has 1 aliphatic rings. The predicted octanol–water partition coefficient (Wildman–Crippen LogP) is 1.44. The third-order valence-corrected chi connectivity index (χ3v) is 3.93. The second-order valence-corrected chi connectivity index (χ2v) is 5.20. The van der Waals surface area contributed by atoms with Gasteiger partial charge in [0.15, 0.2) is 0 Å². The molecule has 100 valence electrons. The van der Waals surface area contributed by atoms with Crippen LogP contribution in [0.3, 0.4) is 0 Å². The molecule has 2 aromatic rings. The standard InChI is InChI=1S/C14H16N2O3/c17-12(8-3-1-2-4-8)9-5-6-10-11(7-9)16-14(19)13(18)15-10/h5-8,12,17H,1-4H2,(H,15,18)(H,16,19). The van der Waals surface area contributed by atoms with Crippen molar-refractivity contribution in [2.75, 3.05) is 0 Å². The highest BCUT2D eigenvalue weighted by molar-refractivity contribution is 5.74. The molecular formula is C14H16N2O3. The number of rotatable bonds is 2. The van der Waals surface area contributed by atoms with E-state index in [1.54, 1.807) is 18.2 Å². The van der Waals surface area contributed by atoms with Gasteiger partial charge in [0.25, 0.3) is 0 Å². The Balaban J connectivity index is 2.03. The minimum Gasteiger partial charge on any atom is -0.388 e. The van der Waals surface area contributed by atoms with Crippen molar-refractivity contribution in [2.24, 2.45) is 5.92 Å². The van der Waals surface area contributed by atoms with E-state index in [9.17, 15) is 14.7 Å². The molecule has 1 saturated carbocycles. The van der Waals surface area contributed by atoms with Gasteiger partial charge in [-0.1, -0.05) is 18.9 Å². The SMILES string of the molecule is O=c1[nH]c2ccc(C(O)C3CCCC3)cc2[nH]c1=O. The lowest BCUT2D eigenvalue weighted by atomic mass is 9.94. The van der Waals surface area contributed by atoms with Gasteiger partial charge in [-0.05, 0) is 36.5 Å². The fraction of sp³-hybridized carbons (Fsp3) is 0.429. The molecule has 5 heteroatoms. The van der Waals surface area contributed by atoms with Gasteiger partial charge >= 0.3 is 11.1 Å². The third-order valence-electron chi connectivity index (χ3n) is 3.93. The monoisotopic (exact) mass is 260 g/mol. The van der Waals surface area contributed by atoms with Crippen molar-refractivity contribution in [3.8, 4) is 0 Å². The maximum atomic E-state index is 11.3. The Morgan fingerprint density at radius 3 is 2.37 bits per heavy atom. The van der Waals surface area contributed by atoms with E-state index in [1.807, 2.05) is 0 Å². The first-order valence-electron chi connectivity index (χ1n) is 6.59. The fourth-order valence-electron chi connectivity index (χ4n) is 2.86. The van der Waals surface area contributed by atoms with Crippen LogP contribution in [0.1, 0.15) is 37.4 Å². The minimum absolute atomic E-state index is 0.298. The van der Waals surface area contributed by atoms with Gasteiger partial charge in [-0.15, -0.1) is 0 Å². The van der Waals surface area contributed by atoms with Crippen LogP contribution in [-0.4, -0.2) is 15.1 Å². The van der Waals surface area contributed by atoms with Crippen molar-refractivity contribution >= 4 is 11.0 Å². The molecule has 1 atom stereocenters. The zero-order valence-electron chi connectivity index (χ0n) is 10.5. The molecule has 0 aliphatic heterocycles. The lowest BCUT2D eigenvalue weighted by Gasteiger charge is -2.18. The second-order valence-electron chi connectivity index (χ2n) is 5.20. The highest BCUT2D eigenvalue weighted by Gasteiger charge is 2.24. The van der Waals surface area contributed by atoms with E-state index in [4.69, 9.17) is 0 Å². The molecule has 0 radical (unpaired) electrons. The van der Waals surface area contributed by atoms with Crippen molar-refractivity contribution in [1.82, 2.24) is 9.97 Å². The molecule has 1 unspecified atom stereocenters.